The van der Waals surface area contributed by atoms with Gasteiger partial charge in [0.25, 0.3) is 0 Å². The van der Waals surface area contributed by atoms with Gasteiger partial charge in [-0.25, -0.2) is 4.98 Å². The fourth-order valence-electron chi connectivity index (χ4n) is 2.96. The number of nitrogens with zero attached hydrogens (tertiary/aromatic N) is 4. The van der Waals surface area contributed by atoms with E-state index in [1.807, 2.05) is 28.8 Å². The molecule has 0 N–H and O–H groups in total. The molecule has 0 aliphatic rings. The van der Waals surface area contributed by atoms with Gasteiger partial charge in [0, 0.05) is 11.1 Å². The van der Waals surface area contributed by atoms with Crippen molar-refractivity contribution in [2.75, 3.05) is 0 Å². The maximum Gasteiger partial charge on any atom is 0.196 e. The van der Waals surface area contributed by atoms with Crippen LogP contribution in [0.1, 0.15) is 27.4 Å². The molecule has 0 saturated carbocycles. The zero-order chi connectivity index (χ0) is 20.2. The van der Waals surface area contributed by atoms with E-state index in [0.29, 0.717) is 6.61 Å². The fraction of sp³-hybridized carbons (Fsp3) is 0.227. The van der Waals surface area contributed by atoms with E-state index in [2.05, 4.69) is 59.5 Å². The van der Waals surface area contributed by atoms with Crippen LogP contribution < -0.4 is 4.74 Å². The minimum Gasteiger partial charge on any atom is -0.486 e. The quantitative estimate of drug-likeness (QED) is 0.367. The molecule has 5 nitrogen and oxygen atoms in total. The molecule has 0 saturated heterocycles. The van der Waals surface area contributed by atoms with Gasteiger partial charge in [-0.05, 0) is 44.5 Å². The highest BCUT2D eigenvalue weighted by molar-refractivity contribution is 7.98. The molecule has 0 fully saturated rings. The molecule has 4 aromatic rings. The number of aryl methyl sites for hydroxylation is 3. The summed E-state index contributed by atoms with van der Waals surface area (Å²) in [4.78, 5) is 4.69. The normalized spacial score (nSPS) is 11.0. The Morgan fingerprint density at radius 1 is 1.03 bits per heavy atom. The lowest BCUT2D eigenvalue weighted by molar-refractivity contribution is 0.305. The molecule has 29 heavy (non-hydrogen) atoms. The molecule has 4 rings (SSSR count). The number of rotatable bonds is 7. The van der Waals surface area contributed by atoms with E-state index in [-0.39, 0.29) is 0 Å². The molecule has 0 unspecified atom stereocenters. The molecule has 2 aromatic carbocycles. The van der Waals surface area contributed by atoms with Crippen LogP contribution in [-0.4, -0.2) is 19.7 Å². The topological polar surface area (TPSA) is 52.8 Å². The molecule has 0 aliphatic carbocycles. The van der Waals surface area contributed by atoms with Crippen LogP contribution in [0.3, 0.4) is 0 Å². The third-order valence-electron chi connectivity index (χ3n) is 4.46. The number of thioether (sulfide) groups is 1. The summed E-state index contributed by atoms with van der Waals surface area (Å²) in [6, 6.07) is 14.5. The van der Waals surface area contributed by atoms with Crippen LogP contribution in [0.25, 0.3) is 5.69 Å². The van der Waals surface area contributed by atoms with Crippen LogP contribution in [-0.2, 0) is 12.4 Å². The third-order valence-corrected chi connectivity index (χ3v) is 6.31. The fourth-order valence-corrected chi connectivity index (χ4v) is 4.59. The van der Waals surface area contributed by atoms with Crippen LogP contribution in [0.5, 0.6) is 5.75 Å². The molecule has 0 bridgehead atoms. The van der Waals surface area contributed by atoms with Crippen LogP contribution >= 0.6 is 23.1 Å². The van der Waals surface area contributed by atoms with Crippen molar-refractivity contribution < 1.29 is 4.74 Å². The van der Waals surface area contributed by atoms with Gasteiger partial charge in [-0.2, -0.15) is 0 Å². The highest BCUT2D eigenvalue weighted by atomic mass is 32.2. The lowest BCUT2D eigenvalue weighted by atomic mass is 10.1. The Balaban J connectivity index is 1.38. The first kappa shape index (κ1) is 19.7. The van der Waals surface area contributed by atoms with Gasteiger partial charge < -0.3 is 4.74 Å². The Morgan fingerprint density at radius 3 is 2.62 bits per heavy atom. The highest BCUT2D eigenvalue weighted by Gasteiger charge is 2.11. The molecule has 0 atom stereocenters. The summed E-state index contributed by atoms with van der Waals surface area (Å²) in [7, 11) is 0. The van der Waals surface area contributed by atoms with E-state index in [4.69, 9.17) is 4.74 Å². The Morgan fingerprint density at radius 2 is 1.83 bits per heavy atom. The zero-order valence-electron chi connectivity index (χ0n) is 16.6. The van der Waals surface area contributed by atoms with Gasteiger partial charge in [-0.3, -0.25) is 4.57 Å². The second-order valence-electron chi connectivity index (χ2n) is 6.90. The minimum atomic E-state index is 0.483. The number of benzene rings is 2. The average molecular weight is 423 g/mol. The van der Waals surface area contributed by atoms with Crippen molar-refractivity contribution in [3.05, 3.63) is 81.6 Å². The van der Waals surface area contributed by atoms with E-state index in [1.165, 1.54) is 16.7 Å². The van der Waals surface area contributed by atoms with Crippen LogP contribution in [0.2, 0.25) is 0 Å². The van der Waals surface area contributed by atoms with Crippen molar-refractivity contribution in [1.82, 2.24) is 19.7 Å². The molecule has 7 heteroatoms. The zero-order valence-corrected chi connectivity index (χ0v) is 18.3. The van der Waals surface area contributed by atoms with E-state index in [9.17, 15) is 0 Å². The predicted molar refractivity (Wildman–Crippen MR) is 118 cm³/mol. The van der Waals surface area contributed by atoms with Gasteiger partial charge in [0.05, 0.1) is 11.4 Å². The Bertz CT molecular complexity index is 1100. The molecule has 2 aromatic heterocycles. The predicted octanol–water partition coefficient (Wildman–Crippen LogP) is 5.52. The molecular weight excluding hydrogens is 400 g/mol. The maximum atomic E-state index is 5.83. The molecule has 0 spiro atoms. The number of ether oxygens (including phenoxy) is 1. The molecular formula is C22H22N4OS2. The average Bonchev–Trinajstić information content (AvgIpc) is 3.35. The Kier molecular flexibility index (Phi) is 5.97. The Labute approximate surface area is 178 Å². The largest absolute Gasteiger partial charge is 0.486 e. The summed E-state index contributed by atoms with van der Waals surface area (Å²) in [6.45, 7) is 6.76. The van der Waals surface area contributed by atoms with Crippen molar-refractivity contribution in [2.45, 2.75) is 38.3 Å². The smallest absolute Gasteiger partial charge is 0.196 e. The summed E-state index contributed by atoms with van der Waals surface area (Å²) in [5, 5.41) is 12.3. The van der Waals surface area contributed by atoms with Gasteiger partial charge in [-0.1, -0.05) is 47.2 Å². The van der Waals surface area contributed by atoms with E-state index >= 15 is 0 Å². The summed E-state index contributed by atoms with van der Waals surface area (Å²) in [5.74, 6) is 1.60. The van der Waals surface area contributed by atoms with Gasteiger partial charge in [0.1, 0.15) is 23.7 Å². The second-order valence-corrected chi connectivity index (χ2v) is 8.78. The maximum absolute atomic E-state index is 5.83. The first-order chi connectivity index (χ1) is 14.1. The summed E-state index contributed by atoms with van der Waals surface area (Å²) in [5.41, 5.74) is 5.80. The summed E-state index contributed by atoms with van der Waals surface area (Å²) in [6.07, 6.45) is 1.77. The van der Waals surface area contributed by atoms with Crippen molar-refractivity contribution in [3.63, 3.8) is 0 Å². The van der Waals surface area contributed by atoms with Gasteiger partial charge >= 0.3 is 0 Å². The molecule has 0 aliphatic heterocycles. The van der Waals surface area contributed by atoms with E-state index < -0.39 is 0 Å². The standard InChI is InChI=1S/C22H22N4OS2/c1-15-4-7-19(8-5-15)27-11-21-24-18(12-28-21)13-29-22-25-23-14-26(22)20-9-6-16(2)10-17(20)3/h4-10,12,14H,11,13H2,1-3H3. The van der Waals surface area contributed by atoms with E-state index in [0.717, 1.165) is 33.0 Å². The van der Waals surface area contributed by atoms with Crippen LogP contribution in [0.15, 0.2) is 59.3 Å². The summed E-state index contributed by atoms with van der Waals surface area (Å²) < 4.78 is 7.86. The first-order valence-electron chi connectivity index (χ1n) is 9.32. The Hall–Kier alpha value is -2.64. The first-order valence-corrected chi connectivity index (χ1v) is 11.2. The summed E-state index contributed by atoms with van der Waals surface area (Å²) >= 11 is 3.26. The van der Waals surface area contributed by atoms with Gasteiger partial charge in [0.2, 0.25) is 0 Å². The lowest BCUT2D eigenvalue weighted by Gasteiger charge is -2.09. The lowest BCUT2D eigenvalue weighted by Crippen LogP contribution is -1.99. The second kappa shape index (κ2) is 8.80. The van der Waals surface area contributed by atoms with Crippen molar-refractivity contribution in [2.24, 2.45) is 0 Å². The number of thiazole rings is 1. The SMILES string of the molecule is Cc1ccc(OCc2nc(CSc3nncn3-c3ccc(C)cc3C)cs2)cc1. The third kappa shape index (κ3) is 4.86. The molecule has 0 radical (unpaired) electrons. The van der Waals surface area contributed by atoms with Crippen molar-refractivity contribution in [3.8, 4) is 11.4 Å². The van der Waals surface area contributed by atoms with Gasteiger partial charge in [-0.15, -0.1) is 21.5 Å². The minimum absolute atomic E-state index is 0.483. The van der Waals surface area contributed by atoms with Crippen molar-refractivity contribution in [1.29, 1.82) is 0 Å². The number of aromatic nitrogens is 4. The number of hydrogen-bond donors (Lipinski definition) is 0. The van der Waals surface area contributed by atoms with Crippen LogP contribution in [0, 0.1) is 20.8 Å². The van der Waals surface area contributed by atoms with Crippen molar-refractivity contribution >= 4 is 23.1 Å². The molecule has 2 heterocycles. The molecule has 0 amide bonds. The van der Waals surface area contributed by atoms with Gasteiger partial charge in [0.15, 0.2) is 5.16 Å². The monoisotopic (exact) mass is 422 g/mol. The highest BCUT2D eigenvalue weighted by Crippen LogP contribution is 2.26. The molecule has 148 valence electrons. The van der Waals surface area contributed by atoms with Crippen LogP contribution in [0.4, 0.5) is 0 Å². The van der Waals surface area contributed by atoms with E-state index in [1.54, 1.807) is 29.4 Å². The number of hydrogen-bond acceptors (Lipinski definition) is 6.